The number of benzene rings is 2. The van der Waals surface area contributed by atoms with Gasteiger partial charge in [0.15, 0.2) is 5.82 Å². The third-order valence-corrected chi connectivity index (χ3v) is 4.69. The van der Waals surface area contributed by atoms with Gasteiger partial charge >= 0.3 is 6.18 Å². The van der Waals surface area contributed by atoms with Crippen molar-refractivity contribution in [3.63, 3.8) is 0 Å². The van der Waals surface area contributed by atoms with Crippen LogP contribution in [0.3, 0.4) is 0 Å². The molecule has 0 amide bonds. The molecule has 1 atom stereocenters. The molecular formula is C21H16F4N4O. The van der Waals surface area contributed by atoms with Crippen LogP contribution in [-0.4, -0.2) is 21.8 Å². The van der Waals surface area contributed by atoms with E-state index in [9.17, 15) is 22.4 Å². The number of hydrogen-bond acceptors (Lipinski definition) is 4. The van der Waals surface area contributed by atoms with Crippen LogP contribution < -0.4 is 10.9 Å². The van der Waals surface area contributed by atoms with Gasteiger partial charge in [0.25, 0.3) is 5.56 Å². The maximum Gasteiger partial charge on any atom is 0.416 e. The van der Waals surface area contributed by atoms with E-state index in [-0.39, 0.29) is 11.5 Å². The summed E-state index contributed by atoms with van der Waals surface area (Å²) in [5.41, 5.74) is -0.248. The highest BCUT2D eigenvalue weighted by atomic mass is 19.4. The lowest BCUT2D eigenvalue weighted by molar-refractivity contribution is -0.137. The lowest BCUT2D eigenvalue weighted by Crippen LogP contribution is -2.22. The van der Waals surface area contributed by atoms with Gasteiger partial charge < -0.3 is 5.32 Å². The predicted octanol–water partition coefficient (Wildman–Crippen LogP) is 4.52. The van der Waals surface area contributed by atoms with Crippen LogP contribution in [0.15, 0.2) is 64.6 Å². The smallest absolute Gasteiger partial charge is 0.333 e. The third kappa shape index (κ3) is 4.40. The van der Waals surface area contributed by atoms with Crippen molar-refractivity contribution in [3.8, 4) is 5.69 Å². The topological polar surface area (TPSA) is 59.3 Å². The molecule has 0 radical (unpaired) electrons. The summed E-state index contributed by atoms with van der Waals surface area (Å²) in [5.74, 6) is -1.34. The first-order valence-corrected chi connectivity index (χ1v) is 9.15. The van der Waals surface area contributed by atoms with Crippen molar-refractivity contribution in [2.45, 2.75) is 25.1 Å². The molecule has 4 rings (SSSR count). The summed E-state index contributed by atoms with van der Waals surface area (Å²) in [6.45, 7) is 0. The SMILES string of the molecule is O=c1c(Nc2ccc(C(F)(F)F)cc2F)nccn1-c1ccc(CCC2C=N2)cc1. The molecule has 1 aliphatic rings. The summed E-state index contributed by atoms with van der Waals surface area (Å²) in [7, 11) is 0. The number of aromatic nitrogens is 2. The Morgan fingerprint density at radius 1 is 1.10 bits per heavy atom. The van der Waals surface area contributed by atoms with Crippen molar-refractivity contribution in [1.29, 1.82) is 0 Å². The Kier molecular flexibility index (Phi) is 5.11. The number of anilines is 2. The summed E-state index contributed by atoms with van der Waals surface area (Å²) < 4.78 is 53.5. The minimum atomic E-state index is -4.66. The second-order valence-corrected chi connectivity index (χ2v) is 6.84. The molecule has 2 heterocycles. The van der Waals surface area contributed by atoms with Gasteiger partial charge in [0.05, 0.1) is 17.3 Å². The number of nitrogens with zero attached hydrogens (tertiary/aromatic N) is 3. The van der Waals surface area contributed by atoms with Crippen molar-refractivity contribution in [3.05, 3.63) is 82.2 Å². The predicted molar refractivity (Wildman–Crippen MR) is 105 cm³/mol. The standard InChI is InChI=1S/C21H16F4N4O/c22-17-11-14(21(23,24)25)4-8-18(17)28-19-20(30)29(10-9-26-19)16-6-2-13(3-7-16)1-5-15-12-27-15/h2-4,6-12,15H,1,5H2,(H,26,28). The van der Waals surface area contributed by atoms with Crippen molar-refractivity contribution < 1.29 is 17.6 Å². The summed E-state index contributed by atoms with van der Waals surface area (Å²) in [6, 6.07) is 9.76. The fraction of sp³-hybridized carbons (Fsp3) is 0.190. The Hall–Kier alpha value is -3.49. The molecule has 154 valence electrons. The summed E-state index contributed by atoms with van der Waals surface area (Å²) in [4.78, 5) is 20.7. The molecule has 0 aliphatic carbocycles. The van der Waals surface area contributed by atoms with Gasteiger partial charge in [-0.1, -0.05) is 12.1 Å². The van der Waals surface area contributed by atoms with Gasteiger partial charge in [0.1, 0.15) is 5.82 Å². The Balaban J connectivity index is 1.55. The zero-order valence-electron chi connectivity index (χ0n) is 15.5. The van der Waals surface area contributed by atoms with Crippen molar-refractivity contribution >= 4 is 17.7 Å². The van der Waals surface area contributed by atoms with E-state index in [4.69, 9.17) is 0 Å². The van der Waals surface area contributed by atoms with Gasteiger partial charge in [-0.25, -0.2) is 9.37 Å². The first-order chi connectivity index (χ1) is 14.3. The van der Waals surface area contributed by atoms with Gasteiger partial charge in [-0.05, 0) is 48.7 Å². The number of aryl methyl sites for hydroxylation is 1. The summed E-state index contributed by atoms with van der Waals surface area (Å²) >= 11 is 0. The van der Waals surface area contributed by atoms with E-state index in [0.29, 0.717) is 17.8 Å². The summed E-state index contributed by atoms with van der Waals surface area (Å²) in [5, 5.41) is 2.48. The molecule has 1 unspecified atom stereocenters. The van der Waals surface area contributed by atoms with E-state index in [1.807, 2.05) is 18.3 Å². The Morgan fingerprint density at radius 3 is 2.47 bits per heavy atom. The first kappa shape index (κ1) is 19.8. The van der Waals surface area contributed by atoms with Crippen LogP contribution in [0.4, 0.5) is 29.1 Å². The number of alkyl halides is 3. The fourth-order valence-corrected chi connectivity index (χ4v) is 2.97. The van der Waals surface area contributed by atoms with E-state index in [1.165, 1.54) is 17.0 Å². The highest BCUT2D eigenvalue weighted by Crippen LogP contribution is 2.31. The zero-order chi connectivity index (χ0) is 21.3. The van der Waals surface area contributed by atoms with Gasteiger partial charge in [-0.15, -0.1) is 0 Å². The van der Waals surface area contributed by atoms with Gasteiger partial charge in [-0.3, -0.25) is 14.4 Å². The Labute approximate surface area is 168 Å². The second-order valence-electron chi connectivity index (χ2n) is 6.84. The van der Waals surface area contributed by atoms with E-state index in [2.05, 4.69) is 15.3 Å². The van der Waals surface area contributed by atoms with Crippen LogP contribution in [-0.2, 0) is 12.6 Å². The van der Waals surface area contributed by atoms with E-state index in [0.717, 1.165) is 30.5 Å². The molecule has 30 heavy (non-hydrogen) atoms. The molecule has 0 fully saturated rings. The van der Waals surface area contributed by atoms with E-state index >= 15 is 0 Å². The third-order valence-electron chi connectivity index (χ3n) is 4.69. The van der Waals surface area contributed by atoms with Crippen molar-refractivity contribution in [2.24, 2.45) is 4.99 Å². The fourth-order valence-electron chi connectivity index (χ4n) is 2.97. The Bertz CT molecular complexity index is 1150. The molecule has 9 heteroatoms. The monoisotopic (exact) mass is 416 g/mol. The molecule has 0 saturated heterocycles. The Morgan fingerprint density at radius 2 is 1.83 bits per heavy atom. The number of rotatable bonds is 6. The molecule has 1 aromatic heterocycles. The van der Waals surface area contributed by atoms with Crippen molar-refractivity contribution in [1.82, 2.24) is 9.55 Å². The molecule has 5 nitrogen and oxygen atoms in total. The number of aliphatic imine (C=N–C) groups is 1. The van der Waals surface area contributed by atoms with E-state index < -0.39 is 23.1 Å². The largest absolute Gasteiger partial charge is 0.416 e. The van der Waals surface area contributed by atoms with Crippen LogP contribution in [0.5, 0.6) is 0 Å². The second kappa shape index (κ2) is 7.74. The highest BCUT2D eigenvalue weighted by molar-refractivity contribution is 5.77. The van der Waals surface area contributed by atoms with Crippen LogP contribution >= 0.6 is 0 Å². The van der Waals surface area contributed by atoms with Crippen molar-refractivity contribution in [2.75, 3.05) is 5.32 Å². The minimum absolute atomic E-state index is 0.203. The van der Waals surface area contributed by atoms with Gasteiger partial charge in [0, 0.05) is 24.3 Å². The highest BCUT2D eigenvalue weighted by Gasteiger charge is 2.31. The quantitative estimate of drug-likeness (QED) is 0.601. The molecule has 2 aromatic carbocycles. The van der Waals surface area contributed by atoms with Crippen LogP contribution in [0.2, 0.25) is 0 Å². The maximum absolute atomic E-state index is 14.1. The lowest BCUT2D eigenvalue weighted by Gasteiger charge is -2.12. The number of nitrogens with one attached hydrogen (secondary N) is 1. The van der Waals surface area contributed by atoms with E-state index in [1.54, 1.807) is 12.1 Å². The molecule has 1 aliphatic heterocycles. The molecule has 0 saturated carbocycles. The lowest BCUT2D eigenvalue weighted by atomic mass is 10.1. The number of hydrogen-bond donors (Lipinski definition) is 1. The average molecular weight is 416 g/mol. The maximum atomic E-state index is 14.1. The van der Waals surface area contributed by atoms with Gasteiger partial charge in [0.2, 0.25) is 0 Å². The number of halogens is 4. The average Bonchev–Trinajstić information content (AvgIpc) is 3.54. The van der Waals surface area contributed by atoms with Crippen LogP contribution in [0, 0.1) is 5.82 Å². The molecular weight excluding hydrogens is 400 g/mol. The molecule has 3 aromatic rings. The van der Waals surface area contributed by atoms with Gasteiger partial charge in [-0.2, -0.15) is 13.2 Å². The molecule has 0 spiro atoms. The normalized spacial score (nSPS) is 15.3. The van der Waals surface area contributed by atoms with Crippen LogP contribution in [0.25, 0.3) is 5.69 Å². The van der Waals surface area contributed by atoms with Crippen LogP contribution in [0.1, 0.15) is 17.5 Å². The zero-order valence-corrected chi connectivity index (χ0v) is 15.5. The minimum Gasteiger partial charge on any atom is -0.333 e. The molecule has 0 bridgehead atoms. The first-order valence-electron chi connectivity index (χ1n) is 9.15. The molecule has 1 N–H and O–H groups in total. The summed E-state index contributed by atoms with van der Waals surface area (Å²) in [6.07, 6.45) is 1.87.